The normalized spacial score (nSPS) is 10.7. The Labute approximate surface area is 110 Å². The lowest BCUT2D eigenvalue weighted by molar-refractivity contribution is 0.507. The fraction of sp³-hybridized carbons (Fsp3) is 0.333. The summed E-state index contributed by atoms with van der Waals surface area (Å²) < 4.78 is 6.43. The summed E-state index contributed by atoms with van der Waals surface area (Å²) in [5, 5.41) is 9.76. The van der Waals surface area contributed by atoms with Gasteiger partial charge in [0.15, 0.2) is 0 Å². The van der Waals surface area contributed by atoms with E-state index in [-0.39, 0.29) is 5.88 Å². The zero-order valence-electron chi connectivity index (χ0n) is 8.48. The third kappa shape index (κ3) is 2.75. The van der Waals surface area contributed by atoms with Gasteiger partial charge in [-0.25, -0.2) is 0 Å². The van der Waals surface area contributed by atoms with Gasteiger partial charge in [0.05, 0.1) is 6.54 Å². The highest BCUT2D eigenvalue weighted by atomic mass is 79.9. The van der Waals surface area contributed by atoms with Crippen LogP contribution in [0.1, 0.15) is 10.8 Å². The fourth-order valence-corrected chi connectivity index (χ4v) is 2.80. The van der Waals surface area contributed by atoms with Crippen LogP contribution in [0.4, 0.5) is 6.01 Å². The molecule has 0 aromatic carbocycles. The van der Waals surface area contributed by atoms with Crippen molar-refractivity contribution in [1.29, 1.82) is 0 Å². The molecule has 2 rings (SSSR count). The molecule has 2 heterocycles. The Kier molecular flexibility index (Phi) is 3.83. The average molecular weight is 323 g/mol. The van der Waals surface area contributed by atoms with Crippen LogP contribution in [0.5, 0.6) is 0 Å². The Bertz CT molecular complexity index is 473. The van der Waals surface area contributed by atoms with Crippen LogP contribution in [-0.2, 0) is 12.4 Å². The Morgan fingerprint density at radius 1 is 1.56 bits per heavy atom. The van der Waals surface area contributed by atoms with Crippen LogP contribution in [-0.4, -0.2) is 17.2 Å². The predicted molar refractivity (Wildman–Crippen MR) is 68.0 cm³/mol. The molecule has 0 bridgehead atoms. The van der Waals surface area contributed by atoms with Gasteiger partial charge in [-0.15, -0.1) is 28.0 Å². The molecule has 0 amide bonds. The van der Waals surface area contributed by atoms with Gasteiger partial charge in [-0.3, -0.25) is 0 Å². The third-order valence-corrected chi connectivity index (χ3v) is 3.82. The number of alkyl halides is 1. The number of rotatable bonds is 4. The van der Waals surface area contributed by atoms with Crippen LogP contribution in [0.2, 0.25) is 0 Å². The Morgan fingerprint density at radius 3 is 2.94 bits per heavy atom. The van der Waals surface area contributed by atoms with E-state index in [1.54, 1.807) is 11.3 Å². The van der Waals surface area contributed by atoms with Crippen molar-refractivity contribution >= 4 is 44.9 Å². The topological polar surface area (TPSA) is 42.2 Å². The first-order chi connectivity index (χ1) is 7.69. The molecule has 2 aromatic rings. The molecule has 0 aliphatic rings. The molecule has 0 spiro atoms. The van der Waals surface area contributed by atoms with Crippen LogP contribution in [0.15, 0.2) is 20.3 Å². The van der Waals surface area contributed by atoms with Gasteiger partial charge < -0.3 is 9.32 Å². The quantitative estimate of drug-likeness (QED) is 0.810. The molecule has 7 heteroatoms. The van der Waals surface area contributed by atoms with Crippen molar-refractivity contribution in [3.63, 3.8) is 0 Å². The summed E-state index contributed by atoms with van der Waals surface area (Å²) >= 11 is 10.7. The van der Waals surface area contributed by atoms with E-state index >= 15 is 0 Å². The van der Waals surface area contributed by atoms with E-state index in [0.29, 0.717) is 11.9 Å². The number of aromatic nitrogens is 2. The molecule has 86 valence electrons. The highest BCUT2D eigenvalue weighted by Gasteiger charge is 2.11. The molecule has 0 aliphatic carbocycles. The summed E-state index contributed by atoms with van der Waals surface area (Å²) in [5.74, 6) is 0.682. The summed E-state index contributed by atoms with van der Waals surface area (Å²) in [4.78, 5) is 3.11. The Morgan fingerprint density at radius 2 is 2.38 bits per heavy atom. The first-order valence-corrected chi connectivity index (χ1v) is 6.72. The van der Waals surface area contributed by atoms with Crippen molar-refractivity contribution in [3.05, 3.63) is 26.7 Å². The minimum absolute atomic E-state index is 0.241. The monoisotopic (exact) mass is 321 g/mol. The number of thiophene rings is 1. The molecule has 0 saturated carbocycles. The van der Waals surface area contributed by atoms with Crippen LogP contribution in [0.25, 0.3) is 0 Å². The zero-order chi connectivity index (χ0) is 11.5. The highest BCUT2D eigenvalue weighted by molar-refractivity contribution is 9.10. The van der Waals surface area contributed by atoms with E-state index in [0.717, 1.165) is 11.0 Å². The molecule has 0 N–H and O–H groups in total. The van der Waals surface area contributed by atoms with E-state index in [2.05, 4.69) is 32.2 Å². The highest BCUT2D eigenvalue weighted by Crippen LogP contribution is 2.22. The SMILES string of the molecule is CN(Cc1cc(Br)cs1)c1nnc(CCl)o1. The van der Waals surface area contributed by atoms with Gasteiger partial charge in [-0.2, -0.15) is 0 Å². The van der Waals surface area contributed by atoms with Crippen LogP contribution < -0.4 is 4.90 Å². The molecule has 0 aliphatic heterocycles. The van der Waals surface area contributed by atoms with Crippen molar-refractivity contribution in [2.45, 2.75) is 12.4 Å². The largest absolute Gasteiger partial charge is 0.407 e. The summed E-state index contributed by atoms with van der Waals surface area (Å²) in [7, 11) is 1.90. The summed E-state index contributed by atoms with van der Waals surface area (Å²) in [5.41, 5.74) is 0. The molecular weight excluding hydrogens is 314 g/mol. The zero-order valence-corrected chi connectivity index (χ0v) is 11.6. The maximum atomic E-state index is 5.59. The fourth-order valence-electron chi connectivity index (χ4n) is 1.19. The molecular formula is C9H9BrClN3OS. The maximum absolute atomic E-state index is 5.59. The first-order valence-electron chi connectivity index (χ1n) is 4.51. The van der Waals surface area contributed by atoms with Gasteiger partial charge in [0, 0.05) is 21.8 Å². The Balaban J connectivity index is 2.05. The van der Waals surface area contributed by atoms with Gasteiger partial charge in [-0.05, 0) is 22.0 Å². The molecule has 0 atom stereocenters. The van der Waals surface area contributed by atoms with Gasteiger partial charge in [0.25, 0.3) is 0 Å². The van der Waals surface area contributed by atoms with E-state index in [1.165, 1.54) is 4.88 Å². The summed E-state index contributed by atoms with van der Waals surface area (Å²) in [6, 6.07) is 2.56. The van der Waals surface area contributed by atoms with Crippen molar-refractivity contribution in [2.75, 3.05) is 11.9 Å². The van der Waals surface area contributed by atoms with Crippen LogP contribution in [0.3, 0.4) is 0 Å². The van der Waals surface area contributed by atoms with E-state index < -0.39 is 0 Å². The molecule has 0 fully saturated rings. The lowest BCUT2D eigenvalue weighted by Gasteiger charge is -2.11. The lowest BCUT2D eigenvalue weighted by Crippen LogP contribution is -2.15. The van der Waals surface area contributed by atoms with Crippen molar-refractivity contribution in [1.82, 2.24) is 10.2 Å². The van der Waals surface area contributed by atoms with E-state index in [1.807, 2.05) is 17.3 Å². The second kappa shape index (κ2) is 5.16. The van der Waals surface area contributed by atoms with E-state index in [9.17, 15) is 0 Å². The molecule has 16 heavy (non-hydrogen) atoms. The maximum Gasteiger partial charge on any atom is 0.318 e. The smallest absolute Gasteiger partial charge is 0.318 e. The average Bonchev–Trinajstić information content (AvgIpc) is 2.87. The number of halogens is 2. The first kappa shape index (κ1) is 11.9. The number of nitrogens with zero attached hydrogens (tertiary/aromatic N) is 3. The van der Waals surface area contributed by atoms with Gasteiger partial charge >= 0.3 is 6.01 Å². The van der Waals surface area contributed by atoms with Gasteiger partial charge in [-0.1, -0.05) is 5.10 Å². The third-order valence-electron chi connectivity index (χ3n) is 1.91. The summed E-state index contributed by atoms with van der Waals surface area (Å²) in [6.07, 6.45) is 0. The standard InChI is InChI=1S/C9H9BrClN3OS/c1-14(4-7-2-6(10)5-16-7)9-13-12-8(3-11)15-9/h2,5H,3-4H2,1H3. The van der Waals surface area contributed by atoms with Crippen molar-refractivity contribution < 1.29 is 4.42 Å². The second-order valence-electron chi connectivity index (χ2n) is 3.20. The van der Waals surface area contributed by atoms with Crippen LogP contribution in [0, 0.1) is 0 Å². The van der Waals surface area contributed by atoms with Gasteiger partial charge in [0.2, 0.25) is 5.89 Å². The number of hydrogen-bond acceptors (Lipinski definition) is 5. The molecule has 2 aromatic heterocycles. The molecule has 0 saturated heterocycles. The number of anilines is 1. The van der Waals surface area contributed by atoms with Crippen molar-refractivity contribution in [2.24, 2.45) is 0 Å². The molecule has 0 radical (unpaired) electrons. The van der Waals surface area contributed by atoms with Gasteiger partial charge in [0.1, 0.15) is 5.88 Å². The minimum atomic E-state index is 0.241. The Hall–Kier alpha value is -0.590. The molecule has 0 unspecified atom stereocenters. The molecule has 4 nitrogen and oxygen atoms in total. The van der Waals surface area contributed by atoms with Crippen molar-refractivity contribution in [3.8, 4) is 0 Å². The number of hydrogen-bond donors (Lipinski definition) is 0. The predicted octanol–water partition coefficient (Wildman–Crippen LogP) is 3.27. The second-order valence-corrected chi connectivity index (χ2v) is 5.38. The lowest BCUT2D eigenvalue weighted by atomic mass is 10.4. The van der Waals surface area contributed by atoms with Crippen LogP contribution >= 0.6 is 38.9 Å². The minimum Gasteiger partial charge on any atom is -0.407 e. The van der Waals surface area contributed by atoms with E-state index in [4.69, 9.17) is 16.0 Å². The summed E-state index contributed by atoms with van der Waals surface area (Å²) in [6.45, 7) is 0.736.